The van der Waals surface area contributed by atoms with Crippen LogP contribution in [0.2, 0.25) is 0 Å². The van der Waals surface area contributed by atoms with Crippen molar-refractivity contribution < 1.29 is 49.3 Å². The Labute approximate surface area is 530 Å². The largest absolute Gasteiger partial charge is 0.466 e. The molecule has 7 unspecified atom stereocenters. The summed E-state index contributed by atoms with van der Waals surface area (Å²) in [5.74, 6) is -0.170. The van der Waals surface area contributed by atoms with Crippen LogP contribution in [0, 0.1) is 0 Å². The lowest BCUT2D eigenvalue weighted by molar-refractivity contribution is -0.302. The summed E-state index contributed by atoms with van der Waals surface area (Å²) in [4.78, 5) is 25.1. The van der Waals surface area contributed by atoms with E-state index in [0.29, 0.717) is 19.4 Å². The van der Waals surface area contributed by atoms with Gasteiger partial charge in [-0.05, 0) is 64.2 Å². The van der Waals surface area contributed by atoms with Crippen LogP contribution in [0.4, 0.5) is 0 Å². The molecular formula is C75H141NO10. The highest BCUT2D eigenvalue weighted by atomic mass is 16.7. The Morgan fingerprint density at radius 2 is 0.779 bits per heavy atom. The maximum atomic E-state index is 13.0. The standard InChI is InChI=1S/C75H141NO10/c1-3-5-7-9-11-13-14-15-16-37-40-43-47-51-55-59-63-71(80)84-64-60-56-52-48-44-41-38-35-33-31-29-27-25-23-21-19-17-18-20-22-24-26-28-30-32-34-36-39-42-46-50-54-58-62-70(79)76-67(68(78)61-57-53-49-45-12-10-8-6-4-2)66-85-75-74(83)73(82)72(81)69(65-77)86-75/h21,23,27,29,57,61,67-69,72-75,77-78,81-83H,3-20,22,24-26,28,30-56,58-60,62-66H2,1-2H3,(H,76,79)/b23-21-,29-27-,61-57+. The predicted molar refractivity (Wildman–Crippen MR) is 361 cm³/mol. The van der Waals surface area contributed by atoms with E-state index in [2.05, 4.69) is 43.5 Å². The molecule has 0 saturated carbocycles. The van der Waals surface area contributed by atoms with Crippen LogP contribution in [-0.2, 0) is 23.8 Å². The molecule has 0 radical (unpaired) electrons. The van der Waals surface area contributed by atoms with Crippen molar-refractivity contribution in [3.63, 3.8) is 0 Å². The Morgan fingerprint density at radius 1 is 0.430 bits per heavy atom. The molecule has 0 aliphatic carbocycles. The van der Waals surface area contributed by atoms with Crippen molar-refractivity contribution in [3.05, 3.63) is 36.5 Å². The van der Waals surface area contributed by atoms with E-state index in [4.69, 9.17) is 14.2 Å². The normalized spacial score (nSPS) is 18.1. The molecule has 1 heterocycles. The lowest BCUT2D eigenvalue weighted by Gasteiger charge is -2.40. The first-order valence-electron chi connectivity index (χ1n) is 37.3. The van der Waals surface area contributed by atoms with Crippen LogP contribution < -0.4 is 5.32 Å². The third-order valence-electron chi connectivity index (χ3n) is 17.7. The number of aliphatic hydroxyl groups excluding tert-OH is 5. The van der Waals surface area contributed by atoms with Crippen molar-refractivity contribution in [2.24, 2.45) is 0 Å². The smallest absolute Gasteiger partial charge is 0.305 e. The zero-order valence-corrected chi connectivity index (χ0v) is 56.3. The number of aliphatic hydroxyl groups is 5. The van der Waals surface area contributed by atoms with Crippen LogP contribution in [0.1, 0.15) is 367 Å². The Bertz CT molecular complexity index is 1520. The second-order valence-corrected chi connectivity index (χ2v) is 26.0. The van der Waals surface area contributed by atoms with Gasteiger partial charge in [-0.15, -0.1) is 0 Å². The van der Waals surface area contributed by atoms with E-state index < -0.39 is 49.5 Å². The summed E-state index contributed by atoms with van der Waals surface area (Å²) in [7, 11) is 0. The number of hydrogen-bond acceptors (Lipinski definition) is 10. The van der Waals surface area contributed by atoms with Crippen LogP contribution in [0.25, 0.3) is 0 Å². The number of hydrogen-bond donors (Lipinski definition) is 6. The van der Waals surface area contributed by atoms with Gasteiger partial charge in [0.25, 0.3) is 0 Å². The van der Waals surface area contributed by atoms with Crippen LogP contribution in [0.3, 0.4) is 0 Å². The fourth-order valence-corrected chi connectivity index (χ4v) is 11.9. The third kappa shape index (κ3) is 52.6. The Hall–Kier alpha value is -2.12. The second kappa shape index (κ2) is 64.4. The van der Waals surface area contributed by atoms with Gasteiger partial charge in [-0.3, -0.25) is 9.59 Å². The number of allylic oxidation sites excluding steroid dienone is 5. The molecule has 0 aromatic carbocycles. The minimum absolute atomic E-state index is 0.0108. The number of carbonyl (C=O) groups is 2. The van der Waals surface area contributed by atoms with Crippen LogP contribution in [0.5, 0.6) is 0 Å². The molecule has 6 N–H and O–H groups in total. The van der Waals surface area contributed by atoms with Gasteiger partial charge in [0.1, 0.15) is 24.4 Å². The molecule has 11 heteroatoms. The minimum atomic E-state index is -1.57. The number of esters is 1. The van der Waals surface area contributed by atoms with E-state index >= 15 is 0 Å². The summed E-state index contributed by atoms with van der Waals surface area (Å²) in [6.45, 7) is 4.35. The van der Waals surface area contributed by atoms with E-state index in [9.17, 15) is 35.1 Å². The molecule has 1 amide bonds. The molecule has 0 bridgehead atoms. The van der Waals surface area contributed by atoms with Gasteiger partial charge in [0, 0.05) is 12.8 Å². The minimum Gasteiger partial charge on any atom is -0.466 e. The predicted octanol–water partition coefficient (Wildman–Crippen LogP) is 19.4. The van der Waals surface area contributed by atoms with Gasteiger partial charge >= 0.3 is 5.97 Å². The lowest BCUT2D eigenvalue weighted by Crippen LogP contribution is -2.60. The summed E-state index contributed by atoms with van der Waals surface area (Å²) in [6, 6.07) is -0.807. The number of amides is 1. The first kappa shape index (κ1) is 81.9. The second-order valence-electron chi connectivity index (χ2n) is 26.0. The van der Waals surface area contributed by atoms with Gasteiger partial charge in [-0.1, -0.05) is 326 Å². The summed E-state index contributed by atoms with van der Waals surface area (Å²) >= 11 is 0. The van der Waals surface area contributed by atoms with Gasteiger partial charge in [-0.2, -0.15) is 0 Å². The summed E-state index contributed by atoms with van der Waals surface area (Å²) in [5, 5.41) is 54.3. The van der Waals surface area contributed by atoms with Crippen molar-refractivity contribution in [1.82, 2.24) is 5.32 Å². The highest BCUT2D eigenvalue weighted by Gasteiger charge is 2.44. The molecular weight excluding hydrogens is 1070 g/mol. The fourth-order valence-electron chi connectivity index (χ4n) is 11.9. The van der Waals surface area contributed by atoms with Crippen molar-refractivity contribution in [2.75, 3.05) is 19.8 Å². The molecule has 11 nitrogen and oxygen atoms in total. The topological polar surface area (TPSA) is 175 Å². The van der Waals surface area contributed by atoms with Crippen LogP contribution in [0.15, 0.2) is 36.5 Å². The van der Waals surface area contributed by atoms with Crippen molar-refractivity contribution in [2.45, 2.75) is 410 Å². The van der Waals surface area contributed by atoms with Crippen LogP contribution >= 0.6 is 0 Å². The molecule has 1 aliphatic rings. The quantitative estimate of drug-likeness (QED) is 0.0195. The average Bonchev–Trinajstić information content (AvgIpc) is 3.02. The molecule has 1 fully saturated rings. The fraction of sp³-hybridized carbons (Fsp3) is 0.893. The molecule has 1 aliphatic heterocycles. The molecule has 1 saturated heterocycles. The summed E-state index contributed by atoms with van der Waals surface area (Å²) in [5.41, 5.74) is 0. The average molecular weight is 1220 g/mol. The number of rotatable bonds is 66. The van der Waals surface area contributed by atoms with Gasteiger partial charge < -0.3 is 45.1 Å². The SMILES string of the molecule is CCCCCCCCC/C=C/C(O)C(COC1OC(CO)C(O)C(O)C1O)NC(=O)CCCCCCCCCCCCCCCCCCC/C=C\C/C=C\CCCCCCCCCCCOC(=O)CCCCCCCCCCCCCCCCCC. The van der Waals surface area contributed by atoms with E-state index in [-0.39, 0.29) is 18.5 Å². The molecule has 506 valence electrons. The van der Waals surface area contributed by atoms with Gasteiger partial charge in [0.05, 0.1) is 32.0 Å². The van der Waals surface area contributed by atoms with Gasteiger partial charge in [0.15, 0.2) is 6.29 Å². The molecule has 1 rings (SSSR count). The number of carbonyl (C=O) groups excluding carboxylic acids is 2. The van der Waals surface area contributed by atoms with Crippen molar-refractivity contribution >= 4 is 11.9 Å². The first-order chi connectivity index (χ1) is 42.2. The molecule has 0 aromatic heterocycles. The highest BCUT2D eigenvalue weighted by molar-refractivity contribution is 5.76. The number of ether oxygens (including phenoxy) is 3. The molecule has 86 heavy (non-hydrogen) atoms. The van der Waals surface area contributed by atoms with E-state index in [1.54, 1.807) is 6.08 Å². The van der Waals surface area contributed by atoms with E-state index in [1.165, 1.54) is 283 Å². The summed E-state index contributed by atoms with van der Waals surface area (Å²) in [6.07, 6.45) is 73.1. The monoisotopic (exact) mass is 1220 g/mol. The van der Waals surface area contributed by atoms with Crippen LogP contribution in [-0.4, -0.2) is 100 Å². The van der Waals surface area contributed by atoms with Gasteiger partial charge in [-0.25, -0.2) is 0 Å². The molecule has 0 aromatic rings. The van der Waals surface area contributed by atoms with Crippen molar-refractivity contribution in [3.8, 4) is 0 Å². The molecule has 0 spiro atoms. The van der Waals surface area contributed by atoms with Crippen molar-refractivity contribution in [1.29, 1.82) is 0 Å². The number of unbranched alkanes of at least 4 members (excludes halogenated alkanes) is 48. The zero-order chi connectivity index (χ0) is 62.3. The summed E-state index contributed by atoms with van der Waals surface area (Å²) < 4.78 is 16.7. The number of nitrogens with one attached hydrogen (secondary N) is 1. The van der Waals surface area contributed by atoms with E-state index in [1.807, 2.05) is 6.08 Å². The Morgan fingerprint density at radius 3 is 1.17 bits per heavy atom. The van der Waals surface area contributed by atoms with E-state index in [0.717, 1.165) is 57.8 Å². The highest BCUT2D eigenvalue weighted by Crippen LogP contribution is 2.23. The lowest BCUT2D eigenvalue weighted by atomic mass is 9.99. The maximum Gasteiger partial charge on any atom is 0.305 e. The first-order valence-corrected chi connectivity index (χ1v) is 37.3. The Balaban J connectivity index is 1.90. The molecule has 7 atom stereocenters. The zero-order valence-electron chi connectivity index (χ0n) is 56.3. The third-order valence-corrected chi connectivity index (χ3v) is 17.7. The van der Waals surface area contributed by atoms with Gasteiger partial charge in [0.2, 0.25) is 5.91 Å². The Kier molecular flexibility index (Phi) is 61.3. The maximum absolute atomic E-state index is 13.0.